The topological polar surface area (TPSA) is 279 Å². The van der Waals surface area contributed by atoms with Crippen molar-refractivity contribution in [2.24, 2.45) is 22.9 Å². The molecule has 286 valence electrons. The first kappa shape index (κ1) is 39.6. The van der Waals surface area contributed by atoms with Gasteiger partial charge in [-0.25, -0.2) is 0 Å². The van der Waals surface area contributed by atoms with Gasteiger partial charge in [0, 0.05) is 18.6 Å². The van der Waals surface area contributed by atoms with Crippen LogP contribution in [0.3, 0.4) is 0 Å². The van der Waals surface area contributed by atoms with Crippen molar-refractivity contribution in [3.63, 3.8) is 0 Å². The monoisotopic (exact) mass is 724 g/mol. The van der Waals surface area contributed by atoms with Crippen LogP contribution in [0.2, 0.25) is 0 Å². The Morgan fingerprint density at radius 3 is 1.67 bits per heavy atom. The maximum absolute atomic E-state index is 11.5. The van der Waals surface area contributed by atoms with E-state index in [4.69, 9.17) is 60.8 Å². The van der Waals surface area contributed by atoms with Crippen molar-refractivity contribution in [2.75, 3.05) is 27.4 Å². The maximum atomic E-state index is 11.5. The molecular weight excluding hydrogens is 672 g/mol. The fourth-order valence-corrected chi connectivity index (χ4v) is 6.52. The predicted molar refractivity (Wildman–Crippen MR) is 179 cm³/mol. The number of aliphatic hydroxyl groups is 5. The van der Waals surface area contributed by atoms with Crippen LogP contribution in [0.15, 0.2) is 48.5 Å². The summed E-state index contributed by atoms with van der Waals surface area (Å²) in [5, 5.41) is 53.8. The minimum atomic E-state index is -1.67. The third kappa shape index (κ3) is 9.33. The summed E-state index contributed by atoms with van der Waals surface area (Å²) in [6.45, 7) is 0.206. The van der Waals surface area contributed by atoms with E-state index in [1.807, 2.05) is 36.4 Å². The minimum absolute atomic E-state index is 0.00284. The number of rotatable bonds is 14. The zero-order valence-electron chi connectivity index (χ0n) is 28.6. The van der Waals surface area contributed by atoms with E-state index in [9.17, 15) is 25.5 Å². The smallest absolute Gasteiger partial charge is 0.187 e. The van der Waals surface area contributed by atoms with Crippen LogP contribution in [0.5, 0.6) is 11.5 Å². The van der Waals surface area contributed by atoms with E-state index in [2.05, 4.69) is 0 Å². The number of benzene rings is 2. The van der Waals surface area contributed by atoms with Crippen molar-refractivity contribution in [3.8, 4) is 11.5 Å². The van der Waals surface area contributed by atoms with Gasteiger partial charge in [0.2, 0.25) is 0 Å². The van der Waals surface area contributed by atoms with Gasteiger partial charge >= 0.3 is 0 Å². The molecule has 0 amide bonds. The molecule has 3 aliphatic rings. The highest BCUT2D eigenvalue weighted by Crippen LogP contribution is 2.32. The Balaban J connectivity index is 1.29. The lowest BCUT2D eigenvalue weighted by Gasteiger charge is -2.48. The van der Waals surface area contributed by atoms with Crippen molar-refractivity contribution >= 4 is 0 Å². The molecule has 0 aromatic heterocycles. The van der Waals surface area contributed by atoms with Crippen molar-refractivity contribution < 1.29 is 63.4 Å². The van der Waals surface area contributed by atoms with Gasteiger partial charge in [-0.2, -0.15) is 0 Å². The summed E-state index contributed by atoms with van der Waals surface area (Å²) in [7, 11) is 3.16. The van der Waals surface area contributed by atoms with Gasteiger partial charge in [-0.15, -0.1) is 0 Å². The Bertz CT molecular complexity index is 1340. The average molecular weight is 725 g/mol. The van der Waals surface area contributed by atoms with E-state index in [-0.39, 0.29) is 32.8 Å². The highest BCUT2D eigenvalue weighted by molar-refractivity contribution is 5.27. The number of hydrogen-bond acceptors (Lipinski definition) is 17. The van der Waals surface area contributed by atoms with Crippen LogP contribution in [0, 0.1) is 0 Å². The van der Waals surface area contributed by atoms with E-state index < -0.39 is 91.7 Å². The van der Waals surface area contributed by atoms with Crippen LogP contribution in [0.1, 0.15) is 17.5 Å². The van der Waals surface area contributed by atoms with Gasteiger partial charge in [0.05, 0.1) is 40.1 Å². The number of methoxy groups -OCH3 is 2. The highest BCUT2D eigenvalue weighted by atomic mass is 16.7. The Kier molecular flexibility index (Phi) is 14.0. The van der Waals surface area contributed by atoms with E-state index in [0.29, 0.717) is 11.5 Å². The lowest BCUT2D eigenvalue weighted by Crippen LogP contribution is -2.68. The molecule has 51 heavy (non-hydrogen) atoms. The number of hydrogen-bond donors (Lipinski definition) is 9. The molecule has 0 bridgehead atoms. The molecule has 0 spiro atoms. The zero-order chi connectivity index (χ0) is 36.8. The first-order valence-corrected chi connectivity index (χ1v) is 16.9. The third-order valence-corrected chi connectivity index (χ3v) is 9.58. The van der Waals surface area contributed by atoms with Crippen LogP contribution in [0.4, 0.5) is 0 Å². The number of aliphatic hydroxyl groups excluding tert-OH is 5. The van der Waals surface area contributed by atoms with Crippen molar-refractivity contribution in [3.05, 3.63) is 59.7 Å². The molecule has 2 saturated heterocycles. The normalized spacial score (nSPS) is 38.7. The van der Waals surface area contributed by atoms with E-state index in [0.717, 1.165) is 11.1 Å². The Labute approximate surface area is 296 Å². The van der Waals surface area contributed by atoms with E-state index >= 15 is 0 Å². The second-order valence-corrected chi connectivity index (χ2v) is 13.1. The van der Waals surface area contributed by atoms with Gasteiger partial charge in [-0.05, 0) is 41.8 Å². The molecule has 5 rings (SSSR count). The van der Waals surface area contributed by atoms with Gasteiger partial charge in [-0.1, -0.05) is 24.3 Å². The SMILES string of the molecule is COc1ccc(COC[C@H]2O[C@H](O[C@@H]3[C@@H](O)[C@H](O[C@H]4O[C@H](CN)[C@@H](O)[C@H](O)[C@H]4O)[C@@H](N)C[C@H]3N)[C@H](O)[C@@H](N)[C@@H]2OCc2ccc(OC)cc2)cc1. The van der Waals surface area contributed by atoms with Crippen molar-refractivity contribution in [2.45, 2.75) is 111 Å². The molecule has 0 unspecified atom stereocenters. The molecule has 15 atom stereocenters. The van der Waals surface area contributed by atoms with Crippen molar-refractivity contribution in [1.82, 2.24) is 0 Å². The number of nitrogens with two attached hydrogens (primary N) is 4. The summed E-state index contributed by atoms with van der Waals surface area (Å²) in [6, 6.07) is 12.0. The molecule has 17 heteroatoms. The fraction of sp³-hybridized carbons (Fsp3) is 0.647. The Morgan fingerprint density at radius 2 is 1.14 bits per heavy atom. The number of ether oxygens (including phenoxy) is 8. The van der Waals surface area contributed by atoms with Gasteiger partial charge in [-0.3, -0.25) is 0 Å². The molecule has 1 saturated carbocycles. The first-order valence-electron chi connectivity index (χ1n) is 16.9. The third-order valence-electron chi connectivity index (χ3n) is 9.58. The first-order chi connectivity index (χ1) is 24.4. The molecule has 2 aliphatic heterocycles. The molecule has 1 aliphatic carbocycles. The Hall–Kier alpha value is -2.56. The molecule has 2 aromatic rings. The predicted octanol–water partition coefficient (Wildman–Crippen LogP) is -2.83. The highest BCUT2D eigenvalue weighted by Gasteiger charge is 2.52. The maximum Gasteiger partial charge on any atom is 0.187 e. The molecule has 17 nitrogen and oxygen atoms in total. The lowest BCUT2D eigenvalue weighted by atomic mass is 9.84. The molecule has 2 heterocycles. The van der Waals surface area contributed by atoms with Crippen LogP contribution in [0.25, 0.3) is 0 Å². The largest absolute Gasteiger partial charge is 0.497 e. The van der Waals surface area contributed by atoms with E-state index in [1.165, 1.54) is 0 Å². The second kappa shape index (κ2) is 18.0. The zero-order valence-corrected chi connectivity index (χ0v) is 28.6. The van der Waals surface area contributed by atoms with Crippen LogP contribution in [-0.2, 0) is 41.6 Å². The quantitative estimate of drug-likeness (QED) is 0.0950. The molecular formula is C34H52N4O13. The molecule has 13 N–H and O–H groups in total. The summed E-state index contributed by atoms with van der Waals surface area (Å²) in [5.74, 6) is 1.39. The molecule has 3 fully saturated rings. The molecule has 2 aromatic carbocycles. The van der Waals surface area contributed by atoms with Gasteiger partial charge in [0.15, 0.2) is 12.6 Å². The standard InChI is InChI=1S/C34H52N4O13/c1-44-18-7-3-16(4-8-18)13-46-15-23-32(47-14-17-5-9-19(45-2)10-6-17)24(38)26(40)33(49-23)50-30-20(36)11-21(37)31(29(30)43)51-34-28(42)27(41)25(39)22(12-35)48-34/h3-10,20-34,39-43H,11-15,35-38H2,1-2H3/t20-,21+,22-,23-,24-,25-,26-,27+,28-,29-,30+,31-,32-,33-,34-/m1/s1. The summed E-state index contributed by atoms with van der Waals surface area (Å²) < 4.78 is 46.5. The molecule has 0 radical (unpaired) electrons. The van der Waals surface area contributed by atoms with E-state index in [1.54, 1.807) is 26.4 Å². The summed E-state index contributed by atoms with van der Waals surface area (Å²) >= 11 is 0. The van der Waals surface area contributed by atoms with Crippen LogP contribution >= 0.6 is 0 Å². The second-order valence-electron chi connectivity index (χ2n) is 13.1. The van der Waals surface area contributed by atoms with Gasteiger partial charge in [0.25, 0.3) is 0 Å². The van der Waals surface area contributed by atoms with Crippen LogP contribution < -0.4 is 32.4 Å². The summed E-state index contributed by atoms with van der Waals surface area (Å²) in [4.78, 5) is 0. The minimum Gasteiger partial charge on any atom is -0.497 e. The van der Waals surface area contributed by atoms with Gasteiger partial charge in [0.1, 0.15) is 72.5 Å². The van der Waals surface area contributed by atoms with Crippen LogP contribution in [-0.4, -0.2) is 145 Å². The van der Waals surface area contributed by atoms with Crippen molar-refractivity contribution in [1.29, 1.82) is 0 Å². The lowest BCUT2D eigenvalue weighted by molar-refractivity contribution is -0.334. The summed E-state index contributed by atoms with van der Waals surface area (Å²) in [6.07, 6.45) is -15.6. The average Bonchev–Trinajstić information content (AvgIpc) is 3.13. The van der Waals surface area contributed by atoms with Gasteiger partial charge < -0.3 is 86.4 Å². The fourth-order valence-electron chi connectivity index (χ4n) is 6.52. The summed E-state index contributed by atoms with van der Waals surface area (Å²) in [5.41, 5.74) is 26.7. The Morgan fingerprint density at radius 1 is 0.627 bits per heavy atom.